The third-order valence-corrected chi connectivity index (χ3v) is 10.4. The normalized spacial score (nSPS) is 30.4. The molecule has 0 saturated heterocycles. The molecule has 3 N–H and O–H groups in total. The number of nitrogens with zero attached hydrogens (tertiary/aromatic N) is 2. The van der Waals surface area contributed by atoms with E-state index in [0.29, 0.717) is 19.4 Å². The van der Waals surface area contributed by atoms with Crippen molar-refractivity contribution in [2.24, 2.45) is 17.8 Å². The zero-order valence-corrected chi connectivity index (χ0v) is 24.2. The molecule has 1 heterocycles. The molecule has 0 radical (unpaired) electrons. The van der Waals surface area contributed by atoms with E-state index in [1.54, 1.807) is 36.2 Å². The van der Waals surface area contributed by atoms with Crippen LogP contribution in [0.2, 0.25) is 0 Å². The molecule has 1 aromatic rings. The molecule has 1 aromatic carbocycles. The first-order chi connectivity index (χ1) is 20.0. The van der Waals surface area contributed by atoms with Gasteiger partial charge in [0.15, 0.2) is 0 Å². The molecule has 42 heavy (non-hydrogen) atoms. The summed E-state index contributed by atoms with van der Waals surface area (Å²) in [4.78, 5) is 54.9. The maximum atomic E-state index is 13.8. The van der Waals surface area contributed by atoms with E-state index in [2.05, 4.69) is 15.4 Å². The third kappa shape index (κ3) is 6.28. The number of carbonyl (C=O) groups excluding carboxylic acids is 4. The quantitative estimate of drug-likeness (QED) is 0.433. The van der Waals surface area contributed by atoms with Crippen LogP contribution >= 0.6 is 0 Å². The third-order valence-electron chi connectivity index (χ3n) is 8.55. The van der Waals surface area contributed by atoms with Crippen molar-refractivity contribution in [3.63, 3.8) is 0 Å². The molecule has 3 fully saturated rings. The SMILES string of the molecule is CN1CCCC/C=C/C2CC2(C(=O)NS(=O)(=O)C2CC2)NC(=O)C2CC(OC(=O)Nc3ccccc3C#N)CC2C1=O. The van der Waals surface area contributed by atoms with Gasteiger partial charge in [-0.05, 0) is 63.5 Å². The molecule has 12 nitrogen and oxygen atoms in total. The number of sulfonamides is 1. The van der Waals surface area contributed by atoms with Crippen LogP contribution in [0.1, 0.15) is 56.9 Å². The molecule has 3 saturated carbocycles. The molecule has 1 aliphatic heterocycles. The molecular weight excluding hydrogens is 562 g/mol. The number of hydrogen-bond donors (Lipinski definition) is 3. The lowest BCUT2D eigenvalue weighted by atomic mass is 9.93. The molecule has 5 atom stereocenters. The Kier molecular flexibility index (Phi) is 8.28. The van der Waals surface area contributed by atoms with Crippen molar-refractivity contribution in [3.8, 4) is 6.07 Å². The molecular formula is C29H35N5O7S. The first kappa shape index (κ1) is 29.6. The summed E-state index contributed by atoms with van der Waals surface area (Å²) in [6.07, 6.45) is 5.83. The van der Waals surface area contributed by atoms with E-state index in [-0.39, 0.29) is 42.3 Å². The Morgan fingerprint density at radius 3 is 2.62 bits per heavy atom. The smallest absolute Gasteiger partial charge is 0.411 e. The fourth-order valence-electron chi connectivity index (χ4n) is 5.87. The Balaban J connectivity index is 1.35. The largest absolute Gasteiger partial charge is 0.446 e. The Bertz CT molecular complexity index is 1450. The van der Waals surface area contributed by atoms with Crippen LogP contribution in [0, 0.1) is 29.1 Å². The van der Waals surface area contributed by atoms with E-state index in [1.807, 2.05) is 18.2 Å². The number of rotatable bonds is 5. The number of anilines is 1. The van der Waals surface area contributed by atoms with Crippen LogP contribution in [0.4, 0.5) is 10.5 Å². The van der Waals surface area contributed by atoms with Crippen LogP contribution in [0.3, 0.4) is 0 Å². The molecule has 0 spiro atoms. The average Bonchev–Trinajstić information content (AvgIpc) is 3.87. The van der Waals surface area contributed by atoms with E-state index in [9.17, 15) is 32.9 Å². The average molecular weight is 598 g/mol. The van der Waals surface area contributed by atoms with Gasteiger partial charge in [-0.2, -0.15) is 5.26 Å². The van der Waals surface area contributed by atoms with E-state index in [4.69, 9.17) is 4.74 Å². The van der Waals surface area contributed by atoms with Gasteiger partial charge in [0, 0.05) is 19.5 Å². The van der Waals surface area contributed by atoms with E-state index in [1.165, 1.54) is 0 Å². The molecule has 4 amide bonds. The molecule has 3 aliphatic carbocycles. The standard InChI is InChI=1S/C29H35N5O7S/c1-34-13-7-3-2-4-9-19-16-29(19,27(37)33-42(39,40)21-11-12-21)32-25(35)22-14-20(15-23(22)26(34)36)41-28(38)31-24-10-6-5-8-18(24)17-30/h4-6,8-10,19-23H,2-3,7,11-16H2,1H3,(H,31,38)(H,32,35)(H,33,37)/b9-4+. The lowest BCUT2D eigenvalue weighted by molar-refractivity contribution is -0.140. The molecule has 5 rings (SSSR count). The molecule has 4 aliphatic rings. The zero-order valence-electron chi connectivity index (χ0n) is 23.4. The number of nitriles is 1. The van der Waals surface area contributed by atoms with Gasteiger partial charge in [0.05, 0.1) is 28.3 Å². The first-order valence-electron chi connectivity index (χ1n) is 14.3. The summed E-state index contributed by atoms with van der Waals surface area (Å²) in [6.45, 7) is 0.503. The van der Waals surface area contributed by atoms with Gasteiger partial charge in [-0.25, -0.2) is 13.2 Å². The minimum atomic E-state index is -3.83. The highest BCUT2D eigenvalue weighted by Gasteiger charge is 2.62. The first-order valence-corrected chi connectivity index (χ1v) is 15.8. The van der Waals surface area contributed by atoms with Crippen molar-refractivity contribution in [3.05, 3.63) is 42.0 Å². The predicted molar refractivity (Wildman–Crippen MR) is 151 cm³/mol. The topological polar surface area (TPSA) is 175 Å². The second kappa shape index (κ2) is 11.8. The van der Waals surface area contributed by atoms with Crippen molar-refractivity contribution >= 4 is 39.5 Å². The Morgan fingerprint density at radius 1 is 1.14 bits per heavy atom. The molecule has 0 bridgehead atoms. The lowest BCUT2D eigenvalue weighted by Gasteiger charge is -2.26. The van der Waals surface area contributed by atoms with Gasteiger partial charge in [0.2, 0.25) is 21.8 Å². The zero-order chi connectivity index (χ0) is 30.1. The monoisotopic (exact) mass is 597 g/mol. The fourth-order valence-corrected chi connectivity index (χ4v) is 7.24. The fraction of sp³-hybridized carbons (Fsp3) is 0.552. The number of benzene rings is 1. The van der Waals surface area contributed by atoms with Crippen molar-refractivity contribution in [2.75, 3.05) is 18.9 Å². The van der Waals surface area contributed by atoms with Gasteiger partial charge in [-0.15, -0.1) is 0 Å². The summed E-state index contributed by atoms with van der Waals surface area (Å²) < 4.78 is 32.9. The molecule has 13 heteroatoms. The van der Waals surface area contributed by atoms with Gasteiger partial charge < -0.3 is 15.0 Å². The van der Waals surface area contributed by atoms with Crippen LogP contribution in [-0.4, -0.2) is 67.6 Å². The van der Waals surface area contributed by atoms with Gasteiger partial charge >= 0.3 is 6.09 Å². The van der Waals surface area contributed by atoms with Crippen LogP contribution in [-0.2, 0) is 29.1 Å². The van der Waals surface area contributed by atoms with Crippen molar-refractivity contribution < 1.29 is 32.3 Å². The number of allylic oxidation sites excluding steroid dienone is 1. The van der Waals surface area contributed by atoms with Gasteiger partial charge in [-0.3, -0.25) is 24.4 Å². The second-order valence-corrected chi connectivity index (χ2v) is 13.6. The van der Waals surface area contributed by atoms with Crippen LogP contribution < -0.4 is 15.4 Å². The van der Waals surface area contributed by atoms with Gasteiger partial charge in [0.25, 0.3) is 5.91 Å². The Morgan fingerprint density at radius 2 is 1.88 bits per heavy atom. The van der Waals surface area contributed by atoms with E-state index in [0.717, 1.165) is 19.3 Å². The summed E-state index contributed by atoms with van der Waals surface area (Å²) in [5.74, 6) is -3.67. The molecule has 0 aromatic heterocycles. The summed E-state index contributed by atoms with van der Waals surface area (Å²) in [5, 5.41) is 14.1. The summed E-state index contributed by atoms with van der Waals surface area (Å²) >= 11 is 0. The Labute approximate surface area is 244 Å². The molecule has 5 unspecified atom stereocenters. The summed E-state index contributed by atoms with van der Waals surface area (Å²) in [7, 11) is -2.16. The highest BCUT2D eigenvalue weighted by molar-refractivity contribution is 7.91. The highest BCUT2D eigenvalue weighted by Crippen LogP contribution is 2.47. The van der Waals surface area contributed by atoms with Gasteiger partial charge in [0.1, 0.15) is 17.7 Å². The predicted octanol–water partition coefficient (Wildman–Crippen LogP) is 2.18. The minimum absolute atomic E-state index is 0.0436. The Hall–Kier alpha value is -3.92. The van der Waals surface area contributed by atoms with Crippen molar-refractivity contribution in [1.29, 1.82) is 5.26 Å². The van der Waals surface area contributed by atoms with E-state index >= 15 is 0 Å². The number of nitrogens with one attached hydrogen (secondary N) is 3. The number of fused-ring (bicyclic) bond motifs is 2. The number of ether oxygens (including phenoxy) is 1. The van der Waals surface area contributed by atoms with Gasteiger partial charge in [-0.1, -0.05) is 24.3 Å². The van der Waals surface area contributed by atoms with Crippen LogP contribution in [0.15, 0.2) is 36.4 Å². The molecule has 224 valence electrons. The lowest BCUT2D eigenvalue weighted by Crippen LogP contribution is -2.54. The van der Waals surface area contributed by atoms with Crippen molar-refractivity contribution in [1.82, 2.24) is 14.9 Å². The maximum Gasteiger partial charge on any atom is 0.411 e. The highest BCUT2D eigenvalue weighted by atomic mass is 32.2. The van der Waals surface area contributed by atoms with Crippen LogP contribution in [0.25, 0.3) is 0 Å². The number of para-hydroxylation sites is 1. The van der Waals surface area contributed by atoms with E-state index < -0.39 is 56.7 Å². The van der Waals surface area contributed by atoms with Crippen LogP contribution in [0.5, 0.6) is 0 Å². The number of hydrogen-bond acceptors (Lipinski definition) is 8. The second-order valence-electron chi connectivity index (χ2n) is 11.6. The van der Waals surface area contributed by atoms with Crippen molar-refractivity contribution in [2.45, 2.75) is 68.3 Å². The summed E-state index contributed by atoms with van der Waals surface area (Å²) in [5.41, 5.74) is -0.904. The number of amides is 4. The maximum absolute atomic E-state index is 13.8. The summed E-state index contributed by atoms with van der Waals surface area (Å²) in [6, 6.07) is 8.43. The minimum Gasteiger partial charge on any atom is -0.446 e. The number of carbonyl (C=O) groups is 4.